The molecule has 1 atom stereocenters. The molecule has 2 aliphatic heterocycles. The summed E-state index contributed by atoms with van der Waals surface area (Å²) in [6, 6.07) is 8.82. The fourth-order valence-corrected chi connectivity index (χ4v) is 3.91. The van der Waals surface area contributed by atoms with E-state index in [0.29, 0.717) is 43.6 Å². The van der Waals surface area contributed by atoms with Gasteiger partial charge >= 0.3 is 0 Å². The number of nitro benzene ring substituents is 1. The molecule has 0 aliphatic carbocycles. The number of carbonyl (C=O) groups excluding carboxylic acids is 1. The van der Waals surface area contributed by atoms with Crippen LogP contribution in [-0.2, 0) is 0 Å². The lowest BCUT2D eigenvalue weighted by atomic mass is 10.1. The molecule has 156 valence electrons. The predicted octanol–water partition coefficient (Wildman–Crippen LogP) is 2.10. The van der Waals surface area contributed by atoms with E-state index in [4.69, 9.17) is 0 Å². The lowest BCUT2D eigenvalue weighted by Gasteiger charge is -2.35. The SMILES string of the molecule is Cl.O=C(c1ccn(C2CCCNC2)n1)N1CCN(c2ccccc2[N+](=O)[O-])CC1. The van der Waals surface area contributed by atoms with Crippen molar-refractivity contribution in [3.05, 3.63) is 52.3 Å². The Bertz CT molecular complexity index is 859. The van der Waals surface area contributed by atoms with Crippen LogP contribution in [0.3, 0.4) is 0 Å². The zero-order valence-corrected chi connectivity index (χ0v) is 16.9. The van der Waals surface area contributed by atoms with Gasteiger partial charge in [0.25, 0.3) is 11.6 Å². The third-order valence-corrected chi connectivity index (χ3v) is 5.46. The Labute approximate surface area is 175 Å². The van der Waals surface area contributed by atoms with Gasteiger partial charge in [-0.25, -0.2) is 0 Å². The van der Waals surface area contributed by atoms with Crippen LogP contribution in [0, 0.1) is 10.1 Å². The van der Waals surface area contributed by atoms with Crippen molar-refractivity contribution in [3.8, 4) is 0 Å². The van der Waals surface area contributed by atoms with Gasteiger partial charge in [-0.05, 0) is 31.5 Å². The lowest BCUT2D eigenvalue weighted by Crippen LogP contribution is -2.49. The monoisotopic (exact) mass is 420 g/mol. The molecule has 9 nitrogen and oxygen atoms in total. The van der Waals surface area contributed by atoms with E-state index in [0.717, 1.165) is 25.9 Å². The summed E-state index contributed by atoms with van der Waals surface area (Å²) in [5, 5.41) is 19.1. The Morgan fingerprint density at radius 2 is 1.93 bits per heavy atom. The highest BCUT2D eigenvalue weighted by molar-refractivity contribution is 5.92. The molecule has 1 aromatic heterocycles. The first-order valence-electron chi connectivity index (χ1n) is 9.67. The van der Waals surface area contributed by atoms with Gasteiger partial charge in [-0.15, -0.1) is 12.4 Å². The summed E-state index contributed by atoms with van der Waals surface area (Å²) < 4.78 is 1.89. The van der Waals surface area contributed by atoms with Gasteiger partial charge in [0, 0.05) is 45.0 Å². The van der Waals surface area contributed by atoms with E-state index >= 15 is 0 Å². The number of benzene rings is 1. The summed E-state index contributed by atoms with van der Waals surface area (Å²) in [4.78, 5) is 27.5. The molecule has 4 rings (SSSR count). The van der Waals surface area contributed by atoms with Crippen molar-refractivity contribution < 1.29 is 9.72 Å². The first-order chi connectivity index (χ1) is 13.6. The molecule has 1 aromatic carbocycles. The van der Waals surface area contributed by atoms with Gasteiger partial charge in [0.2, 0.25) is 0 Å². The number of rotatable bonds is 4. The van der Waals surface area contributed by atoms with Crippen molar-refractivity contribution in [1.29, 1.82) is 0 Å². The van der Waals surface area contributed by atoms with Gasteiger partial charge in [-0.2, -0.15) is 5.10 Å². The number of nitro groups is 1. The van der Waals surface area contributed by atoms with Crippen LogP contribution < -0.4 is 10.2 Å². The van der Waals surface area contributed by atoms with Crippen LogP contribution in [0.1, 0.15) is 29.4 Å². The van der Waals surface area contributed by atoms with E-state index in [2.05, 4.69) is 10.4 Å². The van der Waals surface area contributed by atoms with Crippen LogP contribution in [0.25, 0.3) is 0 Å². The zero-order chi connectivity index (χ0) is 19.5. The summed E-state index contributed by atoms with van der Waals surface area (Å²) in [7, 11) is 0. The molecule has 0 spiro atoms. The predicted molar refractivity (Wildman–Crippen MR) is 112 cm³/mol. The number of amides is 1. The number of nitrogens with zero attached hydrogens (tertiary/aromatic N) is 5. The summed E-state index contributed by atoms with van der Waals surface area (Å²) in [5.41, 5.74) is 1.17. The molecule has 1 N–H and O–H groups in total. The van der Waals surface area contributed by atoms with Crippen LogP contribution in [0.4, 0.5) is 11.4 Å². The molecule has 1 amide bonds. The van der Waals surface area contributed by atoms with Crippen molar-refractivity contribution in [2.75, 3.05) is 44.2 Å². The minimum Gasteiger partial charge on any atom is -0.362 e. The van der Waals surface area contributed by atoms with Crippen LogP contribution >= 0.6 is 12.4 Å². The molecule has 1 unspecified atom stereocenters. The fraction of sp³-hybridized carbons (Fsp3) is 0.474. The summed E-state index contributed by atoms with van der Waals surface area (Å²) in [6.45, 7) is 4.07. The van der Waals surface area contributed by atoms with Gasteiger partial charge in [0.1, 0.15) is 11.4 Å². The quantitative estimate of drug-likeness (QED) is 0.601. The Hall–Kier alpha value is -2.65. The van der Waals surface area contributed by atoms with E-state index in [9.17, 15) is 14.9 Å². The third-order valence-electron chi connectivity index (χ3n) is 5.46. The van der Waals surface area contributed by atoms with Crippen molar-refractivity contribution in [2.24, 2.45) is 0 Å². The Morgan fingerprint density at radius 1 is 1.17 bits per heavy atom. The maximum absolute atomic E-state index is 12.8. The average molecular weight is 421 g/mol. The number of hydrogen-bond donors (Lipinski definition) is 1. The van der Waals surface area contributed by atoms with E-state index in [1.54, 1.807) is 29.2 Å². The van der Waals surface area contributed by atoms with Crippen molar-refractivity contribution in [3.63, 3.8) is 0 Å². The smallest absolute Gasteiger partial charge is 0.292 e. The second kappa shape index (κ2) is 9.23. The number of nitrogens with one attached hydrogen (secondary N) is 1. The van der Waals surface area contributed by atoms with Gasteiger partial charge in [0.05, 0.1) is 11.0 Å². The number of piperazine rings is 1. The maximum Gasteiger partial charge on any atom is 0.292 e. The normalized spacial score (nSPS) is 19.5. The second-order valence-corrected chi connectivity index (χ2v) is 7.21. The molecular weight excluding hydrogens is 396 g/mol. The van der Waals surface area contributed by atoms with Gasteiger partial charge in [-0.3, -0.25) is 19.6 Å². The third kappa shape index (κ3) is 4.51. The highest BCUT2D eigenvalue weighted by Gasteiger charge is 2.27. The zero-order valence-electron chi connectivity index (χ0n) is 16.1. The minimum atomic E-state index is -0.361. The molecule has 3 heterocycles. The summed E-state index contributed by atoms with van der Waals surface area (Å²) in [6.07, 6.45) is 4.06. The molecule has 2 saturated heterocycles. The van der Waals surface area contributed by atoms with Gasteiger partial charge in [-0.1, -0.05) is 12.1 Å². The molecule has 29 heavy (non-hydrogen) atoms. The second-order valence-electron chi connectivity index (χ2n) is 7.21. The molecule has 0 bridgehead atoms. The highest BCUT2D eigenvalue weighted by atomic mass is 35.5. The number of anilines is 1. The Kier molecular flexibility index (Phi) is 6.71. The standard InChI is InChI=1S/C19H24N6O3.ClH/c26-19(16-7-9-24(21-16)15-4-3-8-20-14-15)23-12-10-22(11-13-23)17-5-1-2-6-18(17)25(27)28;/h1-2,5-7,9,15,20H,3-4,8,10-14H2;1H. The lowest BCUT2D eigenvalue weighted by molar-refractivity contribution is -0.384. The number of hydrogen-bond acceptors (Lipinski definition) is 6. The summed E-state index contributed by atoms with van der Waals surface area (Å²) >= 11 is 0. The van der Waals surface area contributed by atoms with Crippen LogP contribution in [0.2, 0.25) is 0 Å². The topological polar surface area (TPSA) is 96.5 Å². The van der Waals surface area contributed by atoms with Crippen molar-refractivity contribution in [1.82, 2.24) is 20.0 Å². The molecule has 2 fully saturated rings. The summed E-state index contributed by atoms with van der Waals surface area (Å²) in [5.74, 6) is -0.0790. The van der Waals surface area contributed by atoms with E-state index in [-0.39, 0.29) is 28.9 Å². The average Bonchev–Trinajstić information content (AvgIpc) is 3.24. The number of piperidine rings is 1. The van der Waals surface area contributed by atoms with Crippen molar-refractivity contribution in [2.45, 2.75) is 18.9 Å². The first kappa shape index (κ1) is 21.1. The van der Waals surface area contributed by atoms with E-state index < -0.39 is 0 Å². The Balaban J connectivity index is 0.00000240. The molecule has 0 radical (unpaired) electrons. The number of para-hydroxylation sites is 2. The first-order valence-corrected chi connectivity index (χ1v) is 9.67. The maximum atomic E-state index is 12.8. The fourth-order valence-electron chi connectivity index (χ4n) is 3.91. The van der Waals surface area contributed by atoms with Crippen LogP contribution in [0.5, 0.6) is 0 Å². The highest BCUT2D eigenvalue weighted by Crippen LogP contribution is 2.28. The molecule has 10 heteroatoms. The minimum absolute atomic E-state index is 0. The number of aromatic nitrogens is 2. The van der Waals surface area contributed by atoms with E-state index in [1.807, 2.05) is 15.8 Å². The Morgan fingerprint density at radius 3 is 2.62 bits per heavy atom. The van der Waals surface area contributed by atoms with Crippen LogP contribution in [0.15, 0.2) is 36.5 Å². The van der Waals surface area contributed by atoms with Gasteiger partial charge < -0.3 is 15.1 Å². The van der Waals surface area contributed by atoms with Crippen LogP contribution in [-0.4, -0.2) is 64.8 Å². The number of carbonyl (C=O) groups is 1. The van der Waals surface area contributed by atoms with Crippen molar-refractivity contribution >= 4 is 29.7 Å². The molecular formula is C19H25ClN6O3. The largest absolute Gasteiger partial charge is 0.362 e. The molecule has 2 aliphatic rings. The molecule has 2 aromatic rings. The molecule has 0 saturated carbocycles. The number of halogens is 1. The van der Waals surface area contributed by atoms with Gasteiger partial charge in [0.15, 0.2) is 0 Å². The van der Waals surface area contributed by atoms with E-state index in [1.165, 1.54) is 6.07 Å².